The number of benzene rings is 2. The van der Waals surface area contributed by atoms with Crippen LogP contribution in [0.2, 0.25) is 0 Å². The summed E-state index contributed by atoms with van der Waals surface area (Å²) in [6.45, 7) is 6.56. The zero-order valence-corrected chi connectivity index (χ0v) is 15.5. The first-order valence-corrected chi connectivity index (χ1v) is 9.20. The van der Waals surface area contributed by atoms with Gasteiger partial charge in [-0.05, 0) is 55.5 Å². The number of anilines is 3. The maximum absolute atomic E-state index is 12.2. The maximum Gasteiger partial charge on any atom is 0.323 e. The van der Waals surface area contributed by atoms with Crippen LogP contribution in [0.4, 0.5) is 21.9 Å². The predicted octanol–water partition coefficient (Wildman–Crippen LogP) is 2.47. The molecule has 0 atom stereocenters. The Labute approximate surface area is 159 Å². The Morgan fingerprint density at radius 2 is 1.59 bits per heavy atom. The Balaban J connectivity index is 1.55. The molecule has 1 saturated heterocycles. The molecule has 0 aromatic heterocycles. The van der Waals surface area contributed by atoms with Crippen molar-refractivity contribution in [2.75, 3.05) is 48.3 Å². The highest BCUT2D eigenvalue weighted by Gasteiger charge is 2.10. The molecule has 3 rings (SSSR count). The Hall–Kier alpha value is -3.06. The first-order chi connectivity index (χ1) is 13.2. The van der Waals surface area contributed by atoms with E-state index >= 15 is 0 Å². The van der Waals surface area contributed by atoms with Crippen molar-refractivity contribution in [3.05, 3.63) is 54.1 Å². The van der Waals surface area contributed by atoms with Crippen LogP contribution in [0, 0.1) is 0 Å². The fourth-order valence-corrected chi connectivity index (χ4v) is 2.96. The number of hydrogen-bond donors (Lipinski definition) is 4. The van der Waals surface area contributed by atoms with E-state index in [2.05, 4.69) is 25.8 Å². The zero-order valence-electron chi connectivity index (χ0n) is 15.5. The van der Waals surface area contributed by atoms with Crippen LogP contribution < -0.4 is 26.6 Å². The zero-order chi connectivity index (χ0) is 19.1. The highest BCUT2D eigenvalue weighted by atomic mass is 16.2. The van der Waals surface area contributed by atoms with Gasteiger partial charge in [0, 0.05) is 55.3 Å². The van der Waals surface area contributed by atoms with Crippen LogP contribution in [0.5, 0.6) is 0 Å². The first kappa shape index (κ1) is 18.7. The summed E-state index contributed by atoms with van der Waals surface area (Å²) in [6, 6.07) is 14.9. The smallest absolute Gasteiger partial charge is 0.323 e. The Bertz CT molecular complexity index is 779. The second kappa shape index (κ2) is 9.05. The average molecular weight is 366 g/mol. The predicted molar refractivity (Wildman–Crippen MR) is 112 cm³/mol. The summed E-state index contributed by atoms with van der Waals surface area (Å²) in [6.07, 6.45) is 0. The molecule has 2 aromatic carbocycles. The summed E-state index contributed by atoms with van der Waals surface area (Å²) in [7, 11) is 0. The highest BCUT2D eigenvalue weighted by molar-refractivity contribution is 6.01. The van der Waals surface area contributed by atoms with Crippen LogP contribution in [-0.4, -0.2) is 44.6 Å². The van der Waals surface area contributed by atoms with Crippen molar-refractivity contribution in [1.82, 2.24) is 5.32 Å². The SMILES string of the molecule is CCN=C(N)c1ccc(NC(=O)Nc2ccc(N3CCNCC3)cc2)cc1. The topological polar surface area (TPSA) is 94.8 Å². The van der Waals surface area contributed by atoms with Crippen LogP contribution in [0.25, 0.3) is 0 Å². The van der Waals surface area contributed by atoms with Gasteiger partial charge in [0.05, 0.1) is 0 Å². The van der Waals surface area contributed by atoms with Gasteiger partial charge in [-0.3, -0.25) is 4.99 Å². The molecule has 1 aliphatic rings. The molecule has 0 saturated carbocycles. The van der Waals surface area contributed by atoms with Crippen molar-refractivity contribution in [2.24, 2.45) is 10.7 Å². The van der Waals surface area contributed by atoms with Gasteiger partial charge < -0.3 is 26.6 Å². The second-order valence-electron chi connectivity index (χ2n) is 6.30. The molecular weight excluding hydrogens is 340 g/mol. The van der Waals surface area contributed by atoms with E-state index in [1.54, 1.807) is 12.1 Å². The van der Waals surface area contributed by atoms with E-state index in [-0.39, 0.29) is 6.03 Å². The molecule has 142 valence electrons. The lowest BCUT2D eigenvalue weighted by Gasteiger charge is -2.29. The number of urea groups is 1. The van der Waals surface area contributed by atoms with E-state index in [0.29, 0.717) is 18.1 Å². The van der Waals surface area contributed by atoms with Crippen LogP contribution in [0.1, 0.15) is 12.5 Å². The van der Waals surface area contributed by atoms with Crippen LogP contribution in [-0.2, 0) is 0 Å². The summed E-state index contributed by atoms with van der Waals surface area (Å²) in [5.74, 6) is 0.498. The number of nitrogens with two attached hydrogens (primary N) is 1. The van der Waals surface area contributed by atoms with Crippen molar-refractivity contribution in [3.8, 4) is 0 Å². The van der Waals surface area contributed by atoms with Gasteiger partial charge in [0.25, 0.3) is 0 Å². The fraction of sp³-hybridized carbons (Fsp3) is 0.300. The van der Waals surface area contributed by atoms with Gasteiger partial charge in [0.2, 0.25) is 0 Å². The first-order valence-electron chi connectivity index (χ1n) is 9.20. The third kappa shape index (κ3) is 5.21. The third-order valence-corrected chi connectivity index (χ3v) is 4.37. The molecule has 0 radical (unpaired) electrons. The second-order valence-corrected chi connectivity index (χ2v) is 6.30. The molecule has 2 aromatic rings. The quantitative estimate of drug-likeness (QED) is 0.483. The van der Waals surface area contributed by atoms with E-state index in [0.717, 1.165) is 37.4 Å². The maximum atomic E-state index is 12.2. The number of carbonyl (C=O) groups excluding carboxylic acids is 1. The van der Waals surface area contributed by atoms with Gasteiger partial charge in [-0.15, -0.1) is 0 Å². The molecule has 7 heteroatoms. The largest absolute Gasteiger partial charge is 0.384 e. The number of rotatable bonds is 5. The monoisotopic (exact) mass is 366 g/mol. The van der Waals surface area contributed by atoms with Crippen molar-refractivity contribution in [3.63, 3.8) is 0 Å². The third-order valence-electron chi connectivity index (χ3n) is 4.37. The van der Waals surface area contributed by atoms with Crippen molar-refractivity contribution >= 4 is 28.9 Å². The minimum absolute atomic E-state index is 0.284. The molecule has 1 heterocycles. The average Bonchev–Trinajstić information content (AvgIpc) is 2.70. The van der Waals surface area contributed by atoms with E-state index in [9.17, 15) is 4.79 Å². The Morgan fingerprint density at radius 3 is 2.15 bits per heavy atom. The molecule has 0 unspecified atom stereocenters. The number of amidine groups is 1. The summed E-state index contributed by atoms with van der Waals surface area (Å²) in [5.41, 5.74) is 9.32. The Morgan fingerprint density at radius 1 is 1.04 bits per heavy atom. The Kier molecular flexibility index (Phi) is 6.27. The van der Waals surface area contributed by atoms with Crippen molar-refractivity contribution < 1.29 is 4.79 Å². The van der Waals surface area contributed by atoms with Crippen molar-refractivity contribution in [1.29, 1.82) is 0 Å². The molecule has 2 amide bonds. The molecule has 5 N–H and O–H groups in total. The number of piperazine rings is 1. The van der Waals surface area contributed by atoms with E-state index in [1.165, 1.54) is 5.69 Å². The minimum Gasteiger partial charge on any atom is -0.384 e. The number of carbonyl (C=O) groups is 1. The summed E-state index contributed by atoms with van der Waals surface area (Å²) in [4.78, 5) is 18.7. The molecule has 1 fully saturated rings. The molecule has 0 spiro atoms. The van der Waals surface area contributed by atoms with E-state index in [4.69, 9.17) is 5.73 Å². The number of amides is 2. The molecule has 0 bridgehead atoms. The molecular formula is C20H26N6O. The molecule has 7 nitrogen and oxygen atoms in total. The fourth-order valence-electron chi connectivity index (χ4n) is 2.96. The van der Waals surface area contributed by atoms with E-state index in [1.807, 2.05) is 43.3 Å². The lowest BCUT2D eigenvalue weighted by Crippen LogP contribution is -2.43. The lowest BCUT2D eigenvalue weighted by molar-refractivity contribution is 0.262. The van der Waals surface area contributed by atoms with Gasteiger partial charge in [0.1, 0.15) is 5.84 Å². The van der Waals surface area contributed by atoms with Crippen molar-refractivity contribution in [2.45, 2.75) is 6.92 Å². The summed E-state index contributed by atoms with van der Waals surface area (Å²) < 4.78 is 0. The molecule has 27 heavy (non-hydrogen) atoms. The van der Waals surface area contributed by atoms with Gasteiger partial charge in [-0.1, -0.05) is 0 Å². The normalized spacial score (nSPS) is 14.7. The number of nitrogens with one attached hydrogen (secondary N) is 3. The minimum atomic E-state index is -0.284. The van der Waals surface area contributed by atoms with Gasteiger partial charge in [-0.25, -0.2) is 4.79 Å². The van der Waals surface area contributed by atoms with Gasteiger partial charge in [-0.2, -0.15) is 0 Å². The van der Waals surface area contributed by atoms with Crippen LogP contribution >= 0.6 is 0 Å². The van der Waals surface area contributed by atoms with Gasteiger partial charge >= 0.3 is 6.03 Å². The van der Waals surface area contributed by atoms with E-state index < -0.39 is 0 Å². The lowest BCUT2D eigenvalue weighted by atomic mass is 10.2. The number of nitrogens with zero attached hydrogens (tertiary/aromatic N) is 2. The standard InChI is InChI=1S/C20H26N6O/c1-2-23-19(21)15-3-5-16(6-4-15)24-20(27)25-17-7-9-18(10-8-17)26-13-11-22-12-14-26/h3-10,22H,2,11-14H2,1H3,(H2,21,23)(H2,24,25,27). The van der Waals surface area contributed by atoms with Gasteiger partial charge in [0.15, 0.2) is 0 Å². The summed E-state index contributed by atoms with van der Waals surface area (Å²) in [5, 5.41) is 9.01. The highest BCUT2D eigenvalue weighted by Crippen LogP contribution is 2.18. The molecule has 0 aliphatic carbocycles. The summed E-state index contributed by atoms with van der Waals surface area (Å²) >= 11 is 0. The number of hydrogen-bond acceptors (Lipinski definition) is 4. The van der Waals surface area contributed by atoms with Crippen LogP contribution in [0.15, 0.2) is 53.5 Å². The molecule has 1 aliphatic heterocycles. The number of aliphatic imine (C=N–C) groups is 1. The van der Waals surface area contributed by atoms with Crippen LogP contribution in [0.3, 0.4) is 0 Å².